The van der Waals surface area contributed by atoms with Crippen molar-refractivity contribution in [3.8, 4) is 11.1 Å². The lowest BCUT2D eigenvalue weighted by Crippen LogP contribution is -2.56. The third kappa shape index (κ3) is 12.4. The van der Waals surface area contributed by atoms with Gasteiger partial charge in [0.1, 0.15) is 17.9 Å². The minimum Gasteiger partial charge on any atom is -0.460 e. The van der Waals surface area contributed by atoms with E-state index in [9.17, 15) is 19.5 Å². The third-order valence-electron chi connectivity index (χ3n) is 10.7. The Morgan fingerprint density at radius 3 is 1.71 bits per heavy atom. The Balaban J connectivity index is 1.18. The highest BCUT2D eigenvalue weighted by Crippen LogP contribution is 2.37. The van der Waals surface area contributed by atoms with Gasteiger partial charge in [0.15, 0.2) is 0 Å². The summed E-state index contributed by atoms with van der Waals surface area (Å²) in [4.78, 5) is 39.4. The van der Waals surface area contributed by atoms with Crippen LogP contribution in [0.3, 0.4) is 0 Å². The van der Waals surface area contributed by atoms with Crippen molar-refractivity contribution in [3.05, 3.63) is 203 Å². The number of hydrogen-bond acceptors (Lipinski definition) is 7. The number of esters is 1. The van der Waals surface area contributed by atoms with Gasteiger partial charge in [-0.3, -0.25) is 25.0 Å². The molecule has 0 unspecified atom stereocenters. The van der Waals surface area contributed by atoms with Crippen LogP contribution in [0, 0.1) is 6.92 Å². The fraction of sp³-hybridized carbons (Fsp3) is 0.264. The summed E-state index contributed by atoms with van der Waals surface area (Å²) in [5.41, 5.74) is 7.91. The van der Waals surface area contributed by atoms with Crippen LogP contribution in [-0.2, 0) is 44.2 Å². The van der Waals surface area contributed by atoms with Gasteiger partial charge in [-0.25, -0.2) is 0 Å². The Morgan fingerprint density at radius 1 is 0.613 bits per heavy atom. The van der Waals surface area contributed by atoms with Crippen LogP contribution in [0.15, 0.2) is 164 Å². The molecule has 0 heterocycles. The average molecular weight is 831 g/mol. The molecule has 0 aliphatic carbocycles. The van der Waals surface area contributed by atoms with Crippen molar-refractivity contribution in [2.24, 2.45) is 0 Å². The first kappa shape index (κ1) is 45.1. The standard InChI is InChI=1S/C53H58N4O5/c1-37-24-30-46(31-25-37)53(44-20-11-7-12-21-44,45-22-13-8-14-23-45)55-36-41-17-15-16-40(32-41)35-54-50(60)48(34-49(59)62-52(3,4)5)57-51(61)47(56-38(2)58)33-39-26-28-43(29-27-39)42-18-9-6-10-19-42/h6-32,47-48,50,54-55,60H,33-36H2,1-5H3,(H,56,58)(H,57,61)/t47-,48-,50+/m0/s1. The van der Waals surface area contributed by atoms with E-state index in [0.717, 1.165) is 44.5 Å². The molecule has 0 fully saturated rings. The Morgan fingerprint density at radius 2 is 1.15 bits per heavy atom. The molecule has 0 spiro atoms. The van der Waals surface area contributed by atoms with E-state index in [2.05, 4.69) is 113 Å². The van der Waals surface area contributed by atoms with Crippen LogP contribution >= 0.6 is 0 Å². The number of hydrogen-bond donors (Lipinski definition) is 5. The number of carbonyl (C=O) groups excluding carboxylic acids is 3. The minimum absolute atomic E-state index is 0.198. The predicted octanol–water partition coefficient (Wildman–Crippen LogP) is 8.12. The molecule has 0 aliphatic rings. The molecule has 0 saturated heterocycles. The van der Waals surface area contributed by atoms with Gasteiger partial charge >= 0.3 is 5.97 Å². The zero-order chi connectivity index (χ0) is 44.1. The summed E-state index contributed by atoms with van der Waals surface area (Å²) >= 11 is 0. The molecule has 62 heavy (non-hydrogen) atoms. The smallest absolute Gasteiger partial charge is 0.308 e. The molecule has 5 N–H and O–H groups in total. The molecule has 9 nitrogen and oxygen atoms in total. The Hall–Kier alpha value is -6.39. The number of amides is 2. The molecule has 320 valence electrons. The van der Waals surface area contributed by atoms with Crippen molar-refractivity contribution < 1.29 is 24.2 Å². The summed E-state index contributed by atoms with van der Waals surface area (Å²) in [7, 11) is 0. The molecule has 0 radical (unpaired) electrons. The summed E-state index contributed by atoms with van der Waals surface area (Å²) in [5, 5.41) is 24.3. The number of carbonyl (C=O) groups is 3. The summed E-state index contributed by atoms with van der Waals surface area (Å²) in [6.07, 6.45) is -1.45. The molecule has 0 saturated carbocycles. The van der Waals surface area contributed by atoms with Crippen LogP contribution in [0.2, 0.25) is 0 Å². The first-order valence-corrected chi connectivity index (χ1v) is 21.2. The lowest BCUT2D eigenvalue weighted by Gasteiger charge is -2.37. The lowest BCUT2D eigenvalue weighted by atomic mass is 9.76. The topological polar surface area (TPSA) is 129 Å². The lowest BCUT2D eigenvalue weighted by molar-refractivity contribution is -0.156. The number of rotatable bonds is 18. The van der Waals surface area contributed by atoms with Crippen molar-refractivity contribution >= 4 is 17.8 Å². The highest BCUT2D eigenvalue weighted by atomic mass is 16.6. The first-order chi connectivity index (χ1) is 29.8. The maximum Gasteiger partial charge on any atom is 0.308 e. The maximum atomic E-state index is 13.9. The van der Waals surface area contributed by atoms with E-state index >= 15 is 0 Å². The maximum absolute atomic E-state index is 13.9. The van der Waals surface area contributed by atoms with Crippen molar-refractivity contribution in [2.45, 2.75) is 90.0 Å². The predicted molar refractivity (Wildman–Crippen MR) is 246 cm³/mol. The second-order valence-corrected chi connectivity index (χ2v) is 16.8. The Bertz CT molecular complexity index is 2320. The van der Waals surface area contributed by atoms with Gasteiger partial charge in [-0.2, -0.15) is 0 Å². The van der Waals surface area contributed by atoms with Crippen LogP contribution in [0.1, 0.15) is 73.1 Å². The van der Waals surface area contributed by atoms with Crippen LogP contribution < -0.4 is 21.3 Å². The largest absolute Gasteiger partial charge is 0.460 e. The SMILES string of the molecule is CC(=O)N[C@@H](Cc1ccc(-c2ccccc2)cc1)C(=O)N[C@@H](CC(=O)OC(C)(C)C)[C@@H](O)NCc1cccc(CNC(c2ccccc2)(c2ccccc2)c2ccc(C)cc2)c1. The van der Waals surface area contributed by atoms with Gasteiger partial charge in [0.05, 0.1) is 18.0 Å². The zero-order valence-corrected chi connectivity index (χ0v) is 36.2. The van der Waals surface area contributed by atoms with Crippen LogP contribution in [0.4, 0.5) is 0 Å². The number of ether oxygens (including phenoxy) is 1. The summed E-state index contributed by atoms with van der Waals surface area (Å²) in [5.74, 6) is -1.51. The van der Waals surface area contributed by atoms with Crippen LogP contribution in [0.25, 0.3) is 11.1 Å². The molecule has 6 aromatic rings. The van der Waals surface area contributed by atoms with Crippen molar-refractivity contribution in [1.29, 1.82) is 0 Å². The number of nitrogens with one attached hydrogen (secondary N) is 4. The zero-order valence-electron chi connectivity index (χ0n) is 36.2. The van der Waals surface area contributed by atoms with Gasteiger partial charge in [-0.1, -0.05) is 169 Å². The monoisotopic (exact) mass is 830 g/mol. The van der Waals surface area contributed by atoms with Gasteiger partial charge in [-0.05, 0) is 72.2 Å². The number of aliphatic hydroxyl groups excluding tert-OH is 1. The minimum atomic E-state index is -1.35. The van der Waals surface area contributed by atoms with Gasteiger partial charge in [0.25, 0.3) is 0 Å². The van der Waals surface area contributed by atoms with E-state index in [1.54, 1.807) is 20.8 Å². The fourth-order valence-corrected chi connectivity index (χ4v) is 7.68. The molecule has 9 heteroatoms. The van der Waals surface area contributed by atoms with E-state index < -0.39 is 41.3 Å². The summed E-state index contributed by atoms with van der Waals surface area (Å²) < 4.78 is 5.60. The molecule has 0 aliphatic heterocycles. The molecule has 0 bridgehead atoms. The molecule has 3 atom stereocenters. The molecule has 6 rings (SSSR count). The molecular weight excluding hydrogens is 773 g/mol. The van der Waals surface area contributed by atoms with Crippen molar-refractivity contribution in [3.63, 3.8) is 0 Å². The summed E-state index contributed by atoms with van der Waals surface area (Å²) in [6.45, 7) is 9.47. The van der Waals surface area contributed by atoms with Crippen molar-refractivity contribution in [1.82, 2.24) is 21.3 Å². The average Bonchev–Trinajstić information content (AvgIpc) is 3.26. The van der Waals surface area contributed by atoms with Gasteiger partial charge in [-0.15, -0.1) is 0 Å². The van der Waals surface area contributed by atoms with Gasteiger partial charge in [0.2, 0.25) is 11.8 Å². The second kappa shape index (κ2) is 20.9. The highest BCUT2D eigenvalue weighted by molar-refractivity contribution is 5.87. The van der Waals surface area contributed by atoms with E-state index in [1.807, 2.05) is 78.9 Å². The number of aliphatic hydroxyl groups is 1. The fourth-order valence-electron chi connectivity index (χ4n) is 7.68. The molecule has 0 aromatic heterocycles. The van der Waals surface area contributed by atoms with E-state index in [4.69, 9.17) is 4.74 Å². The highest BCUT2D eigenvalue weighted by Gasteiger charge is 2.36. The normalized spacial score (nSPS) is 13.1. The van der Waals surface area contributed by atoms with Gasteiger partial charge < -0.3 is 20.5 Å². The first-order valence-electron chi connectivity index (χ1n) is 21.2. The molecular formula is C53H58N4O5. The second-order valence-electron chi connectivity index (χ2n) is 16.8. The molecule has 2 amide bonds. The van der Waals surface area contributed by atoms with Crippen LogP contribution in [-0.4, -0.2) is 46.8 Å². The van der Waals surface area contributed by atoms with E-state index in [-0.39, 0.29) is 25.3 Å². The Labute approximate surface area is 366 Å². The quantitative estimate of drug-likeness (QED) is 0.0337. The number of benzene rings is 6. The Kier molecular flexibility index (Phi) is 15.2. The van der Waals surface area contributed by atoms with Crippen LogP contribution in [0.5, 0.6) is 0 Å². The van der Waals surface area contributed by atoms with Gasteiger partial charge in [0, 0.05) is 26.4 Å². The van der Waals surface area contributed by atoms with Crippen molar-refractivity contribution in [2.75, 3.05) is 0 Å². The van der Waals surface area contributed by atoms with E-state index in [0.29, 0.717) is 6.54 Å². The summed E-state index contributed by atoms with van der Waals surface area (Å²) in [6, 6.07) is 53.3. The third-order valence-corrected chi connectivity index (χ3v) is 10.7. The number of aryl methyl sites for hydroxylation is 1. The molecule has 6 aromatic carbocycles. The van der Waals surface area contributed by atoms with E-state index in [1.165, 1.54) is 12.5 Å².